The van der Waals surface area contributed by atoms with Gasteiger partial charge in [-0.2, -0.15) is 8.42 Å². The average Bonchev–Trinajstić information content (AvgIpc) is 2.00. The Bertz CT molecular complexity index is 535. The first-order chi connectivity index (χ1) is 6.62. The van der Waals surface area contributed by atoms with Gasteiger partial charge in [0.2, 0.25) is 0 Å². The van der Waals surface area contributed by atoms with Crippen molar-refractivity contribution in [2.24, 2.45) is 0 Å². The highest BCUT2D eigenvalue weighted by Gasteiger charge is 2.20. The van der Waals surface area contributed by atoms with Crippen LogP contribution in [0.4, 0.5) is 3.89 Å². The Morgan fingerprint density at radius 3 is 2.27 bits per heavy atom. The van der Waals surface area contributed by atoms with Crippen LogP contribution in [-0.4, -0.2) is 21.7 Å². The first kappa shape index (κ1) is 12.9. The molecule has 0 atom stereocenters. The molecule has 0 fully saturated rings. The Morgan fingerprint density at radius 2 is 1.87 bits per heavy atom. The van der Waals surface area contributed by atoms with Crippen LogP contribution in [0.25, 0.3) is 0 Å². The van der Waals surface area contributed by atoms with Crippen molar-refractivity contribution in [2.75, 3.05) is 13.3 Å². The minimum atomic E-state index is -4.74. The minimum absolute atomic E-state index is 0.321. The molecule has 0 aliphatic rings. The van der Waals surface area contributed by atoms with Crippen molar-refractivity contribution in [1.82, 2.24) is 0 Å². The van der Waals surface area contributed by atoms with Crippen LogP contribution in [0.1, 0.15) is 0 Å². The molecule has 0 heterocycles. The van der Waals surface area contributed by atoms with Gasteiger partial charge in [-0.1, -0.05) is 15.9 Å². The van der Waals surface area contributed by atoms with E-state index in [9.17, 15) is 16.9 Å². The fourth-order valence-electron chi connectivity index (χ4n) is 1.06. The third kappa shape index (κ3) is 3.13. The van der Waals surface area contributed by atoms with Crippen LogP contribution in [0.2, 0.25) is 0 Å². The van der Waals surface area contributed by atoms with Crippen molar-refractivity contribution in [2.45, 2.75) is 4.90 Å². The first-order valence-electron chi connectivity index (χ1n) is 3.92. The molecule has 3 nitrogen and oxygen atoms in total. The van der Waals surface area contributed by atoms with Crippen LogP contribution in [-0.2, 0) is 14.8 Å². The van der Waals surface area contributed by atoms with E-state index in [1.54, 1.807) is 0 Å². The summed E-state index contributed by atoms with van der Waals surface area (Å²) in [5, 5.41) is 0.321. The zero-order valence-corrected chi connectivity index (χ0v) is 11.4. The number of benzene rings is 1. The van der Waals surface area contributed by atoms with Gasteiger partial charge in [-0.15, -0.1) is 3.89 Å². The van der Waals surface area contributed by atoms with Gasteiger partial charge in [0.05, 0.1) is 4.90 Å². The predicted molar refractivity (Wildman–Crippen MR) is 61.5 cm³/mol. The summed E-state index contributed by atoms with van der Waals surface area (Å²) in [6.45, 7) is 2.98. The summed E-state index contributed by atoms with van der Waals surface area (Å²) in [6.07, 6.45) is 0. The molecule has 0 radical (unpaired) electrons. The molecule has 0 aliphatic carbocycles. The molecule has 1 rings (SSSR count). The SMILES string of the molecule is CP(C)(=O)c1cc(S(=O)(=O)F)ccc1Br. The molecule has 0 unspecified atom stereocenters. The predicted octanol–water partition coefficient (Wildman–Crippen LogP) is 2.36. The second-order valence-corrected chi connectivity index (χ2v) is 8.79. The topological polar surface area (TPSA) is 51.2 Å². The maximum absolute atomic E-state index is 12.7. The molecule has 0 spiro atoms. The molecule has 15 heavy (non-hydrogen) atoms. The van der Waals surface area contributed by atoms with Crippen LogP contribution < -0.4 is 5.30 Å². The van der Waals surface area contributed by atoms with E-state index in [0.717, 1.165) is 12.1 Å². The van der Waals surface area contributed by atoms with Crippen LogP contribution in [0.3, 0.4) is 0 Å². The van der Waals surface area contributed by atoms with Gasteiger partial charge in [-0.3, -0.25) is 0 Å². The third-order valence-electron chi connectivity index (χ3n) is 1.78. The van der Waals surface area contributed by atoms with E-state index in [2.05, 4.69) is 15.9 Å². The highest BCUT2D eigenvalue weighted by molar-refractivity contribution is 9.10. The molecule has 7 heteroatoms. The Balaban J connectivity index is 3.50. The van der Waals surface area contributed by atoms with Crippen molar-refractivity contribution < 1.29 is 16.9 Å². The highest BCUT2D eigenvalue weighted by Crippen LogP contribution is 2.38. The van der Waals surface area contributed by atoms with E-state index in [4.69, 9.17) is 0 Å². The Hall–Kier alpha value is -0.190. The minimum Gasteiger partial charge on any atom is -0.319 e. The van der Waals surface area contributed by atoms with Crippen LogP contribution in [0.5, 0.6) is 0 Å². The fraction of sp³-hybridized carbons (Fsp3) is 0.250. The second-order valence-electron chi connectivity index (χ2n) is 3.40. The maximum atomic E-state index is 12.7. The molecule has 0 saturated carbocycles. The van der Waals surface area contributed by atoms with E-state index in [0.29, 0.717) is 9.78 Å². The summed E-state index contributed by atoms with van der Waals surface area (Å²) in [7, 11) is -7.37. The van der Waals surface area contributed by atoms with Crippen LogP contribution >= 0.6 is 23.1 Å². The van der Waals surface area contributed by atoms with Gasteiger partial charge < -0.3 is 4.57 Å². The zero-order valence-electron chi connectivity index (χ0n) is 8.07. The van der Waals surface area contributed by atoms with E-state index in [1.165, 1.54) is 19.4 Å². The Kier molecular flexibility index (Phi) is 3.43. The van der Waals surface area contributed by atoms with E-state index in [1.807, 2.05) is 0 Å². The molecule has 0 aliphatic heterocycles. The largest absolute Gasteiger partial charge is 0.332 e. The molecule has 1 aromatic carbocycles. The molecular weight excluding hydrogens is 306 g/mol. The summed E-state index contributed by atoms with van der Waals surface area (Å²) in [4.78, 5) is -0.468. The molecule has 84 valence electrons. The van der Waals surface area contributed by atoms with Crippen molar-refractivity contribution in [3.63, 3.8) is 0 Å². The molecular formula is C8H9BrFO3PS. The van der Waals surface area contributed by atoms with Gasteiger partial charge in [0, 0.05) is 9.78 Å². The van der Waals surface area contributed by atoms with Crippen molar-refractivity contribution in [1.29, 1.82) is 0 Å². The number of hydrogen-bond donors (Lipinski definition) is 0. The number of rotatable bonds is 2. The van der Waals surface area contributed by atoms with Crippen molar-refractivity contribution >= 4 is 38.6 Å². The molecule has 0 bridgehead atoms. The van der Waals surface area contributed by atoms with Gasteiger partial charge >= 0.3 is 10.2 Å². The summed E-state index contributed by atoms with van der Waals surface area (Å²) in [5.74, 6) is 0. The standard InChI is InChI=1S/C8H9BrFO3PS/c1-14(2,11)8-5-6(15(10,12)13)3-4-7(8)9/h3-5H,1-2H3. The van der Waals surface area contributed by atoms with Crippen LogP contribution in [0.15, 0.2) is 27.6 Å². The van der Waals surface area contributed by atoms with E-state index < -0.39 is 22.3 Å². The molecule has 1 aromatic rings. The summed E-state index contributed by atoms with van der Waals surface area (Å²) < 4.78 is 46.3. The number of hydrogen-bond acceptors (Lipinski definition) is 3. The van der Waals surface area contributed by atoms with Crippen LogP contribution in [0, 0.1) is 0 Å². The smallest absolute Gasteiger partial charge is 0.319 e. The highest BCUT2D eigenvalue weighted by atomic mass is 79.9. The lowest BCUT2D eigenvalue weighted by Gasteiger charge is -2.10. The lowest BCUT2D eigenvalue weighted by atomic mass is 10.4. The van der Waals surface area contributed by atoms with Gasteiger partial charge in [0.15, 0.2) is 0 Å². The molecule has 0 N–H and O–H groups in total. The fourth-order valence-corrected chi connectivity index (χ4v) is 4.20. The molecule has 0 aromatic heterocycles. The van der Waals surface area contributed by atoms with Gasteiger partial charge in [0.25, 0.3) is 0 Å². The monoisotopic (exact) mass is 314 g/mol. The summed E-state index contributed by atoms with van der Waals surface area (Å²) >= 11 is 3.14. The second kappa shape index (κ2) is 4.00. The van der Waals surface area contributed by atoms with Crippen molar-refractivity contribution in [3.8, 4) is 0 Å². The average molecular weight is 315 g/mol. The lowest BCUT2D eigenvalue weighted by molar-refractivity contribution is 0.552. The van der Waals surface area contributed by atoms with Gasteiger partial charge in [-0.05, 0) is 31.5 Å². The van der Waals surface area contributed by atoms with Gasteiger partial charge in [0.1, 0.15) is 7.14 Å². The van der Waals surface area contributed by atoms with Crippen molar-refractivity contribution in [3.05, 3.63) is 22.7 Å². The quantitative estimate of drug-likeness (QED) is 0.622. The molecule has 0 amide bonds. The Morgan fingerprint density at radius 1 is 1.33 bits per heavy atom. The zero-order chi connectivity index (χ0) is 11.9. The maximum Gasteiger partial charge on any atom is 0.332 e. The Labute approximate surface area is 96.4 Å². The number of halogens is 2. The van der Waals surface area contributed by atoms with E-state index >= 15 is 0 Å². The normalized spacial score (nSPS) is 12.8. The summed E-state index contributed by atoms with van der Waals surface area (Å²) in [5.41, 5.74) is 0. The summed E-state index contributed by atoms with van der Waals surface area (Å²) in [6, 6.07) is 3.60. The van der Waals surface area contributed by atoms with Gasteiger partial charge in [-0.25, -0.2) is 0 Å². The molecule has 0 saturated heterocycles. The lowest BCUT2D eigenvalue weighted by Crippen LogP contribution is -2.07. The van der Waals surface area contributed by atoms with E-state index in [-0.39, 0.29) is 0 Å². The third-order valence-corrected chi connectivity index (χ3v) is 5.12. The first-order valence-corrected chi connectivity index (χ1v) is 8.70.